The molecule has 2 aliphatic rings. The summed E-state index contributed by atoms with van der Waals surface area (Å²) in [5.41, 5.74) is -2.55. The predicted molar refractivity (Wildman–Crippen MR) is 137 cm³/mol. The van der Waals surface area contributed by atoms with Crippen molar-refractivity contribution in [3.63, 3.8) is 0 Å². The van der Waals surface area contributed by atoms with Gasteiger partial charge in [-0.05, 0) is 30.5 Å². The molecule has 0 spiro atoms. The predicted octanol–water partition coefficient (Wildman–Crippen LogP) is 3.56. The number of nitrogens with zero attached hydrogens (tertiary/aromatic N) is 4. The molecule has 3 heterocycles. The summed E-state index contributed by atoms with van der Waals surface area (Å²) >= 11 is 0. The first-order valence-electron chi connectivity index (χ1n) is 12.7. The van der Waals surface area contributed by atoms with Crippen LogP contribution in [0.25, 0.3) is 11.1 Å². The zero-order valence-corrected chi connectivity index (χ0v) is 21.5. The number of fused-ring (bicyclic) bond motifs is 1. The van der Waals surface area contributed by atoms with Crippen molar-refractivity contribution in [1.82, 2.24) is 18.9 Å². The van der Waals surface area contributed by atoms with E-state index < -0.39 is 59.2 Å². The first-order chi connectivity index (χ1) is 19.4. The van der Waals surface area contributed by atoms with Gasteiger partial charge in [0.15, 0.2) is 11.6 Å². The van der Waals surface area contributed by atoms with Crippen LogP contribution in [0.5, 0.6) is 0 Å². The Morgan fingerprint density at radius 3 is 2.37 bits per heavy atom. The van der Waals surface area contributed by atoms with E-state index in [0.717, 1.165) is 35.6 Å². The van der Waals surface area contributed by atoms with Gasteiger partial charge in [0.05, 0.1) is 5.56 Å². The highest BCUT2D eigenvalue weighted by Gasteiger charge is 2.34. The van der Waals surface area contributed by atoms with E-state index in [4.69, 9.17) is 0 Å². The summed E-state index contributed by atoms with van der Waals surface area (Å²) in [6.07, 6.45) is -3.37. The van der Waals surface area contributed by atoms with Crippen molar-refractivity contribution in [3.8, 4) is 11.1 Å². The standard InChI is InChI=1S/C27H24F5N5O4/c28-20-6-3-5-18(23(20)29)19-13-35(26(41)37(24(19)39)15-27(30,31)32)14-22(38)34-10-8-17(9-11-34)36-12-16-4-1-2-7-21(16)33-25(36)40/h1-7,13,17H,8-12,14-15H2,(H,33,40). The van der Waals surface area contributed by atoms with E-state index in [1.54, 1.807) is 11.0 Å². The Balaban J connectivity index is 1.36. The molecule has 41 heavy (non-hydrogen) atoms. The number of rotatable bonds is 5. The van der Waals surface area contributed by atoms with Crippen molar-refractivity contribution in [2.75, 3.05) is 18.4 Å². The number of aromatic nitrogens is 2. The fourth-order valence-corrected chi connectivity index (χ4v) is 5.17. The normalized spacial score (nSPS) is 16.0. The second kappa shape index (κ2) is 10.8. The lowest BCUT2D eigenvalue weighted by atomic mass is 10.0. The van der Waals surface area contributed by atoms with E-state index in [0.29, 0.717) is 24.0 Å². The van der Waals surface area contributed by atoms with Gasteiger partial charge in [-0.3, -0.25) is 18.7 Å². The molecule has 0 unspecified atom stereocenters. The molecular weight excluding hydrogens is 553 g/mol. The lowest BCUT2D eigenvalue weighted by Gasteiger charge is -2.40. The zero-order chi connectivity index (χ0) is 29.5. The van der Waals surface area contributed by atoms with E-state index in [-0.39, 0.29) is 29.7 Å². The molecule has 5 rings (SSSR count). The van der Waals surface area contributed by atoms with Crippen molar-refractivity contribution >= 4 is 17.6 Å². The van der Waals surface area contributed by atoms with Crippen molar-refractivity contribution in [1.29, 1.82) is 0 Å². The Morgan fingerprint density at radius 1 is 0.951 bits per heavy atom. The average Bonchev–Trinajstić information content (AvgIpc) is 2.93. The molecule has 0 atom stereocenters. The van der Waals surface area contributed by atoms with Gasteiger partial charge in [-0.15, -0.1) is 0 Å². The summed E-state index contributed by atoms with van der Waals surface area (Å²) < 4.78 is 68.4. The van der Waals surface area contributed by atoms with Gasteiger partial charge in [0, 0.05) is 43.1 Å². The minimum atomic E-state index is -4.98. The number of carbonyl (C=O) groups excluding carboxylic acids is 2. The number of piperidine rings is 1. The van der Waals surface area contributed by atoms with Crippen LogP contribution in [0.15, 0.2) is 58.3 Å². The number of amides is 3. The molecule has 1 saturated heterocycles. The van der Waals surface area contributed by atoms with E-state index in [2.05, 4.69) is 5.32 Å². The van der Waals surface area contributed by atoms with E-state index in [1.165, 1.54) is 4.90 Å². The number of nitrogens with one attached hydrogen (secondary N) is 1. The van der Waals surface area contributed by atoms with Crippen LogP contribution in [0, 0.1) is 11.6 Å². The number of alkyl halides is 3. The van der Waals surface area contributed by atoms with Gasteiger partial charge in [-0.1, -0.05) is 30.3 Å². The molecule has 9 nitrogen and oxygen atoms in total. The molecule has 2 aliphatic heterocycles. The molecule has 3 amide bonds. The number of hydrogen-bond acceptors (Lipinski definition) is 4. The summed E-state index contributed by atoms with van der Waals surface area (Å²) in [7, 11) is 0. The first kappa shape index (κ1) is 28.1. The summed E-state index contributed by atoms with van der Waals surface area (Å²) in [6, 6.07) is 9.77. The molecule has 216 valence electrons. The summed E-state index contributed by atoms with van der Waals surface area (Å²) in [4.78, 5) is 54.5. The number of carbonyl (C=O) groups is 2. The Bertz CT molecular complexity index is 1630. The van der Waals surface area contributed by atoms with Gasteiger partial charge in [0.25, 0.3) is 5.56 Å². The van der Waals surface area contributed by atoms with E-state index in [9.17, 15) is 41.1 Å². The molecule has 1 fully saturated rings. The Labute approximate surface area is 229 Å². The molecule has 0 bridgehead atoms. The monoisotopic (exact) mass is 577 g/mol. The largest absolute Gasteiger partial charge is 0.406 e. The third-order valence-electron chi connectivity index (χ3n) is 7.24. The highest BCUT2D eigenvalue weighted by atomic mass is 19.4. The smallest absolute Gasteiger partial charge is 0.341 e. The van der Waals surface area contributed by atoms with Crippen LogP contribution in [-0.4, -0.2) is 56.2 Å². The molecule has 2 aromatic carbocycles. The van der Waals surface area contributed by atoms with Gasteiger partial charge < -0.3 is 15.1 Å². The second-order valence-electron chi connectivity index (χ2n) is 9.89. The van der Waals surface area contributed by atoms with E-state index >= 15 is 0 Å². The molecule has 14 heteroatoms. The summed E-state index contributed by atoms with van der Waals surface area (Å²) in [5, 5.41) is 2.84. The van der Waals surface area contributed by atoms with Crippen LogP contribution >= 0.6 is 0 Å². The van der Waals surface area contributed by atoms with Gasteiger partial charge >= 0.3 is 17.9 Å². The van der Waals surface area contributed by atoms with Crippen LogP contribution in [0.3, 0.4) is 0 Å². The Hall–Kier alpha value is -4.49. The molecule has 0 aliphatic carbocycles. The number of hydrogen-bond donors (Lipinski definition) is 1. The molecule has 1 N–H and O–H groups in total. The van der Waals surface area contributed by atoms with Crippen LogP contribution in [0.1, 0.15) is 18.4 Å². The quantitative estimate of drug-likeness (QED) is 0.470. The molecule has 0 radical (unpaired) electrons. The van der Waals surface area contributed by atoms with Crippen molar-refractivity contribution in [2.45, 2.75) is 44.7 Å². The van der Waals surface area contributed by atoms with Gasteiger partial charge in [-0.2, -0.15) is 13.2 Å². The van der Waals surface area contributed by atoms with E-state index in [1.807, 2.05) is 18.2 Å². The number of urea groups is 1. The van der Waals surface area contributed by atoms with Crippen LogP contribution in [0.2, 0.25) is 0 Å². The summed E-state index contributed by atoms with van der Waals surface area (Å²) in [5.74, 6) is -3.44. The molecule has 1 aromatic heterocycles. The first-order valence-corrected chi connectivity index (χ1v) is 12.7. The number of halogens is 5. The number of anilines is 1. The Kier molecular flexibility index (Phi) is 7.41. The molecule has 3 aromatic rings. The number of benzene rings is 2. The Morgan fingerprint density at radius 2 is 1.66 bits per heavy atom. The van der Waals surface area contributed by atoms with Crippen LogP contribution < -0.4 is 16.6 Å². The van der Waals surface area contributed by atoms with Crippen molar-refractivity contribution < 1.29 is 31.5 Å². The second-order valence-corrected chi connectivity index (χ2v) is 9.89. The number of para-hydroxylation sites is 1. The molecule has 0 saturated carbocycles. The lowest BCUT2D eigenvalue weighted by Crippen LogP contribution is -2.52. The average molecular weight is 578 g/mol. The lowest BCUT2D eigenvalue weighted by molar-refractivity contribution is -0.142. The van der Waals surface area contributed by atoms with Crippen LogP contribution in [-0.2, 0) is 24.4 Å². The topological polar surface area (TPSA) is 96.7 Å². The highest BCUT2D eigenvalue weighted by Crippen LogP contribution is 2.28. The van der Waals surface area contributed by atoms with Gasteiger partial charge in [-0.25, -0.2) is 18.4 Å². The minimum absolute atomic E-state index is 0.147. The maximum atomic E-state index is 14.5. The van der Waals surface area contributed by atoms with Gasteiger partial charge in [0.1, 0.15) is 13.1 Å². The summed E-state index contributed by atoms with van der Waals surface area (Å²) in [6.45, 7) is -1.90. The molecular formula is C27H24F5N5O4. The number of likely N-dealkylation sites (tertiary alicyclic amines) is 1. The maximum Gasteiger partial charge on any atom is 0.406 e. The SMILES string of the molecule is O=C(Cn1cc(-c2cccc(F)c2F)c(=O)n(CC(F)(F)F)c1=O)N1CCC(N2Cc3ccccc3NC2=O)CC1. The third kappa shape index (κ3) is 5.72. The van der Waals surface area contributed by atoms with Gasteiger partial charge in [0.2, 0.25) is 5.91 Å². The minimum Gasteiger partial charge on any atom is -0.341 e. The third-order valence-corrected chi connectivity index (χ3v) is 7.24. The maximum absolute atomic E-state index is 14.5. The van der Waals surface area contributed by atoms with Crippen LogP contribution in [0.4, 0.5) is 32.4 Å². The fraction of sp³-hybridized carbons (Fsp3) is 0.333. The van der Waals surface area contributed by atoms with Crippen molar-refractivity contribution in [2.24, 2.45) is 0 Å². The fourth-order valence-electron chi connectivity index (χ4n) is 5.17. The van der Waals surface area contributed by atoms with Crippen molar-refractivity contribution in [3.05, 3.63) is 86.7 Å². The zero-order valence-electron chi connectivity index (χ0n) is 21.5. The highest BCUT2D eigenvalue weighted by molar-refractivity contribution is 5.92.